The van der Waals surface area contributed by atoms with E-state index in [-0.39, 0.29) is 16.3 Å². The molecule has 0 spiro atoms. The fraction of sp³-hybridized carbons (Fsp3) is 0.125. The first kappa shape index (κ1) is 9.83. The van der Waals surface area contributed by atoms with Crippen molar-refractivity contribution in [3.63, 3.8) is 0 Å². The van der Waals surface area contributed by atoms with E-state index in [9.17, 15) is 9.90 Å². The highest BCUT2D eigenvalue weighted by molar-refractivity contribution is 6.30. The Morgan fingerprint density at radius 3 is 2.62 bits per heavy atom. The second-order valence-electron chi connectivity index (χ2n) is 2.44. The standard InChI is InChI=1S/C8H7ClO4/c9-4-1-2-6(10)5(3-4)7(11)8(12)13/h1-3,7,10-11H,(H,12,13). The topological polar surface area (TPSA) is 77.8 Å². The SMILES string of the molecule is O=C(O)C(O)c1cc(Cl)ccc1O. The third-order valence-corrected chi connectivity index (χ3v) is 1.75. The van der Waals surface area contributed by atoms with Crippen molar-refractivity contribution in [1.29, 1.82) is 0 Å². The van der Waals surface area contributed by atoms with Crippen LogP contribution in [0, 0.1) is 0 Å². The first-order valence-electron chi connectivity index (χ1n) is 3.41. The number of carboxylic acid groups (broad SMARTS) is 1. The van der Waals surface area contributed by atoms with Crippen LogP contribution in [0.3, 0.4) is 0 Å². The van der Waals surface area contributed by atoms with E-state index in [2.05, 4.69) is 0 Å². The van der Waals surface area contributed by atoms with E-state index in [4.69, 9.17) is 21.8 Å². The van der Waals surface area contributed by atoms with Crippen LogP contribution in [0.5, 0.6) is 5.75 Å². The lowest BCUT2D eigenvalue weighted by Gasteiger charge is -2.07. The van der Waals surface area contributed by atoms with Gasteiger partial charge in [0, 0.05) is 10.6 Å². The minimum Gasteiger partial charge on any atom is -0.508 e. The average molecular weight is 203 g/mol. The molecule has 1 atom stereocenters. The normalized spacial score (nSPS) is 12.5. The molecule has 0 radical (unpaired) electrons. The highest BCUT2D eigenvalue weighted by atomic mass is 35.5. The van der Waals surface area contributed by atoms with Gasteiger partial charge < -0.3 is 15.3 Å². The molecule has 1 rings (SSSR count). The molecule has 0 fully saturated rings. The molecular weight excluding hydrogens is 196 g/mol. The minimum atomic E-state index is -1.75. The molecule has 0 aliphatic carbocycles. The molecule has 70 valence electrons. The smallest absolute Gasteiger partial charge is 0.337 e. The molecule has 3 N–H and O–H groups in total. The van der Waals surface area contributed by atoms with Crippen LogP contribution in [0.1, 0.15) is 11.7 Å². The van der Waals surface area contributed by atoms with Gasteiger partial charge in [-0.2, -0.15) is 0 Å². The van der Waals surface area contributed by atoms with Gasteiger partial charge >= 0.3 is 5.97 Å². The second kappa shape index (κ2) is 3.64. The van der Waals surface area contributed by atoms with Crippen LogP contribution in [0.2, 0.25) is 5.02 Å². The summed E-state index contributed by atoms with van der Waals surface area (Å²) in [6, 6.07) is 3.83. The summed E-state index contributed by atoms with van der Waals surface area (Å²) in [5.41, 5.74) is -0.111. The number of aliphatic hydroxyl groups is 1. The highest BCUT2D eigenvalue weighted by Gasteiger charge is 2.19. The predicted molar refractivity (Wildman–Crippen MR) is 45.7 cm³/mol. The van der Waals surface area contributed by atoms with E-state index in [1.54, 1.807) is 0 Å². The fourth-order valence-corrected chi connectivity index (χ4v) is 1.06. The van der Waals surface area contributed by atoms with Crippen LogP contribution >= 0.6 is 11.6 Å². The van der Waals surface area contributed by atoms with Gasteiger partial charge in [-0.25, -0.2) is 4.79 Å². The Morgan fingerprint density at radius 1 is 1.46 bits per heavy atom. The lowest BCUT2D eigenvalue weighted by molar-refractivity contribution is -0.147. The summed E-state index contributed by atoms with van der Waals surface area (Å²) < 4.78 is 0. The largest absolute Gasteiger partial charge is 0.508 e. The van der Waals surface area contributed by atoms with Crippen LogP contribution in [0.15, 0.2) is 18.2 Å². The summed E-state index contributed by atoms with van der Waals surface area (Å²) in [6.45, 7) is 0. The lowest BCUT2D eigenvalue weighted by Crippen LogP contribution is -2.10. The van der Waals surface area contributed by atoms with E-state index >= 15 is 0 Å². The Balaban J connectivity index is 3.12. The summed E-state index contributed by atoms with van der Waals surface area (Å²) in [6.07, 6.45) is -1.75. The number of carbonyl (C=O) groups is 1. The summed E-state index contributed by atoms with van der Waals surface area (Å²) in [5.74, 6) is -1.73. The number of hydrogen-bond acceptors (Lipinski definition) is 3. The monoisotopic (exact) mass is 202 g/mol. The Hall–Kier alpha value is -1.26. The van der Waals surface area contributed by atoms with Gasteiger partial charge in [-0.3, -0.25) is 0 Å². The number of phenols is 1. The number of benzene rings is 1. The Morgan fingerprint density at radius 2 is 2.08 bits per heavy atom. The first-order valence-corrected chi connectivity index (χ1v) is 3.79. The molecule has 1 unspecified atom stereocenters. The van der Waals surface area contributed by atoms with Gasteiger partial charge in [-0.05, 0) is 18.2 Å². The number of phenolic OH excluding ortho intramolecular Hbond substituents is 1. The summed E-state index contributed by atoms with van der Waals surface area (Å²) in [4.78, 5) is 10.4. The maximum atomic E-state index is 10.4. The molecule has 13 heavy (non-hydrogen) atoms. The van der Waals surface area contributed by atoms with E-state index in [1.165, 1.54) is 18.2 Å². The number of aliphatic carboxylic acids is 1. The maximum Gasteiger partial charge on any atom is 0.337 e. The molecule has 1 aromatic rings. The molecule has 0 aliphatic rings. The van der Waals surface area contributed by atoms with Crippen molar-refractivity contribution in [2.75, 3.05) is 0 Å². The van der Waals surface area contributed by atoms with Gasteiger partial charge in [0.1, 0.15) is 5.75 Å². The average Bonchev–Trinajstić information content (AvgIpc) is 2.08. The summed E-state index contributed by atoms with van der Waals surface area (Å²) in [7, 11) is 0. The van der Waals surface area contributed by atoms with Crippen LogP contribution in [-0.2, 0) is 4.79 Å². The van der Waals surface area contributed by atoms with Crippen molar-refractivity contribution in [3.8, 4) is 5.75 Å². The molecule has 0 saturated carbocycles. The van der Waals surface area contributed by atoms with Crippen LogP contribution in [-0.4, -0.2) is 21.3 Å². The first-order chi connectivity index (χ1) is 6.02. The van der Waals surface area contributed by atoms with Crippen LogP contribution in [0.25, 0.3) is 0 Å². The van der Waals surface area contributed by atoms with Crippen LogP contribution in [0.4, 0.5) is 0 Å². The molecule has 0 aromatic heterocycles. The second-order valence-corrected chi connectivity index (χ2v) is 2.88. The van der Waals surface area contributed by atoms with Crippen molar-refractivity contribution in [2.24, 2.45) is 0 Å². The van der Waals surface area contributed by atoms with E-state index < -0.39 is 12.1 Å². The molecule has 0 bridgehead atoms. The molecule has 0 amide bonds. The number of rotatable bonds is 2. The third-order valence-electron chi connectivity index (χ3n) is 1.52. The van der Waals surface area contributed by atoms with Gasteiger partial charge in [0.15, 0.2) is 6.10 Å². The van der Waals surface area contributed by atoms with Crippen molar-refractivity contribution < 1.29 is 20.1 Å². The van der Waals surface area contributed by atoms with E-state index in [1.807, 2.05) is 0 Å². The Bertz CT molecular complexity index is 337. The molecular formula is C8H7ClO4. The van der Waals surface area contributed by atoms with Crippen LogP contribution < -0.4 is 0 Å². The molecule has 0 aliphatic heterocycles. The zero-order chi connectivity index (χ0) is 10.0. The van der Waals surface area contributed by atoms with Gasteiger partial charge in [0.25, 0.3) is 0 Å². The van der Waals surface area contributed by atoms with Gasteiger partial charge in [0.2, 0.25) is 0 Å². The lowest BCUT2D eigenvalue weighted by atomic mass is 10.1. The molecule has 0 saturated heterocycles. The molecule has 0 heterocycles. The number of aromatic hydroxyl groups is 1. The van der Waals surface area contributed by atoms with E-state index in [0.29, 0.717) is 0 Å². The van der Waals surface area contributed by atoms with Crippen molar-refractivity contribution >= 4 is 17.6 Å². The fourth-order valence-electron chi connectivity index (χ4n) is 0.877. The summed E-state index contributed by atoms with van der Waals surface area (Å²) >= 11 is 5.55. The zero-order valence-corrected chi connectivity index (χ0v) is 7.19. The van der Waals surface area contributed by atoms with Crippen molar-refractivity contribution in [2.45, 2.75) is 6.10 Å². The quantitative estimate of drug-likeness (QED) is 0.673. The Kier molecular flexibility index (Phi) is 2.75. The highest BCUT2D eigenvalue weighted by Crippen LogP contribution is 2.27. The van der Waals surface area contributed by atoms with Gasteiger partial charge in [-0.15, -0.1) is 0 Å². The van der Waals surface area contributed by atoms with Gasteiger partial charge in [-0.1, -0.05) is 11.6 Å². The van der Waals surface area contributed by atoms with Gasteiger partial charge in [0.05, 0.1) is 0 Å². The zero-order valence-electron chi connectivity index (χ0n) is 6.44. The third kappa shape index (κ3) is 2.11. The maximum absolute atomic E-state index is 10.4. The molecule has 4 nitrogen and oxygen atoms in total. The number of aliphatic hydroxyl groups excluding tert-OH is 1. The van der Waals surface area contributed by atoms with Crippen molar-refractivity contribution in [1.82, 2.24) is 0 Å². The number of carboxylic acids is 1. The summed E-state index contributed by atoms with van der Waals surface area (Å²) in [5, 5.41) is 27.0. The number of hydrogen-bond donors (Lipinski definition) is 3. The molecule has 1 aromatic carbocycles. The molecule has 5 heteroatoms. The number of halogens is 1. The minimum absolute atomic E-state index is 0.111. The Labute approximate surface area is 79.0 Å². The van der Waals surface area contributed by atoms with E-state index in [0.717, 1.165) is 0 Å². The van der Waals surface area contributed by atoms with Crippen molar-refractivity contribution in [3.05, 3.63) is 28.8 Å². The predicted octanol–water partition coefficient (Wildman–Crippen LogP) is 1.16.